The molecule has 0 saturated carbocycles. The molecule has 0 saturated heterocycles. The maximum absolute atomic E-state index is 11.2. The number of alkyl carbamates (subject to hydrolysis) is 2. The lowest BCUT2D eigenvalue weighted by molar-refractivity contribution is 0.143. The highest BCUT2D eigenvalue weighted by Crippen LogP contribution is 1.96. The van der Waals surface area contributed by atoms with E-state index in [1.54, 1.807) is 0 Å². The molecule has 0 heterocycles. The molecule has 0 aliphatic rings. The fraction of sp³-hybridized carbons (Fsp3) is 0.700. The van der Waals surface area contributed by atoms with Crippen LogP contribution in [0.4, 0.5) is 9.59 Å². The van der Waals surface area contributed by atoms with E-state index in [4.69, 9.17) is 9.47 Å². The minimum atomic E-state index is -0.351. The molecule has 146 valence electrons. The highest BCUT2D eigenvalue weighted by atomic mass is 16.6. The third-order valence-corrected chi connectivity index (χ3v) is 3.14. The quantitative estimate of drug-likeness (QED) is 0.410. The molecule has 26 heavy (non-hydrogen) atoms. The Kier molecular flexibility index (Phi) is 17.3. The Balaban J connectivity index is 3.44. The van der Waals surface area contributed by atoms with E-state index in [2.05, 4.69) is 34.3 Å². The molecule has 0 fully saturated rings. The largest absolute Gasteiger partial charge is 0.450 e. The van der Waals surface area contributed by atoms with Crippen molar-refractivity contribution in [3.8, 4) is 23.7 Å². The number of amides is 2. The fourth-order valence-electron chi connectivity index (χ4n) is 1.73. The molecular formula is C20H32N2O4. The number of nitrogens with one attached hydrogen (secondary N) is 2. The Hall–Kier alpha value is -2.34. The summed E-state index contributed by atoms with van der Waals surface area (Å²) in [5.41, 5.74) is 0. The third-order valence-electron chi connectivity index (χ3n) is 3.14. The molecule has 0 aromatic heterocycles. The van der Waals surface area contributed by atoms with Gasteiger partial charge in [-0.1, -0.05) is 25.7 Å². The van der Waals surface area contributed by atoms with Crippen molar-refractivity contribution in [3.63, 3.8) is 0 Å². The van der Waals surface area contributed by atoms with Gasteiger partial charge in [0.2, 0.25) is 0 Å². The van der Waals surface area contributed by atoms with Crippen molar-refractivity contribution in [2.45, 2.75) is 65.2 Å². The average molecular weight is 364 g/mol. The van der Waals surface area contributed by atoms with Gasteiger partial charge in [-0.2, -0.15) is 0 Å². The topological polar surface area (TPSA) is 76.7 Å². The zero-order valence-electron chi connectivity index (χ0n) is 16.1. The van der Waals surface area contributed by atoms with Crippen LogP contribution in [-0.4, -0.2) is 38.5 Å². The number of unbranched alkanes of at least 4 members (excludes halogenated alkanes) is 4. The van der Waals surface area contributed by atoms with Crippen LogP contribution >= 0.6 is 0 Å². The Bertz CT molecular complexity index is 451. The summed E-state index contributed by atoms with van der Waals surface area (Å²) in [6.07, 6.45) is 5.95. The minimum absolute atomic E-state index is 0.351. The Morgan fingerprint density at radius 3 is 1.54 bits per heavy atom. The highest BCUT2D eigenvalue weighted by molar-refractivity contribution is 5.67. The number of rotatable bonds is 12. The van der Waals surface area contributed by atoms with Crippen LogP contribution in [0.25, 0.3) is 0 Å². The van der Waals surface area contributed by atoms with E-state index in [0.717, 1.165) is 51.4 Å². The third kappa shape index (κ3) is 18.0. The lowest BCUT2D eigenvalue weighted by Gasteiger charge is -2.04. The molecule has 0 radical (unpaired) electrons. The zero-order valence-corrected chi connectivity index (χ0v) is 16.1. The first-order valence-corrected chi connectivity index (χ1v) is 9.47. The average Bonchev–Trinajstić information content (AvgIpc) is 2.64. The van der Waals surface area contributed by atoms with Gasteiger partial charge >= 0.3 is 12.2 Å². The first-order chi connectivity index (χ1) is 12.7. The van der Waals surface area contributed by atoms with E-state index in [9.17, 15) is 9.59 Å². The molecule has 0 aromatic carbocycles. The van der Waals surface area contributed by atoms with Crippen LogP contribution in [0.15, 0.2) is 0 Å². The van der Waals surface area contributed by atoms with Crippen LogP contribution in [0.2, 0.25) is 0 Å². The van der Waals surface area contributed by atoms with E-state index >= 15 is 0 Å². The molecule has 2 amide bonds. The van der Waals surface area contributed by atoms with E-state index in [1.807, 2.05) is 13.8 Å². The number of ether oxygens (including phenoxy) is 2. The Morgan fingerprint density at radius 1 is 0.731 bits per heavy atom. The van der Waals surface area contributed by atoms with Crippen molar-refractivity contribution in [1.82, 2.24) is 10.6 Å². The summed E-state index contributed by atoms with van der Waals surface area (Å²) < 4.78 is 10.0. The van der Waals surface area contributed by atoms with Crippen LogP contribution in [0.3, 0.4) is 0 Å². The van der Waals surface area contributed by atoms with Crippen molar-refractivity contribution in [2.24, 2.45) is 0 Å². The predicted octanol–water partition coefficient (Wildman–Crippen LogP) is 3.61. The monoisotopic (exact) mass is 364 g/mol. The van der Waals surface area contributed by atoms with Gasteiger partial charge in [0.05, 0.1) is 13.2 Å². The molecule has 6 heteroatoms. The van der Waals surface area contributed by atoms with E-state index < -0.39 is 0 Å². The summed E-state index contributed by atoms with van der Waals surface area (Å²) in [7, 11) is 0. The molecule has 0 spiro atoms. The van der Waals surface area contributed by atoms with Gasteiger partial charge in [-0.05, 0) is 50.4 Å². The van der Waals surface area contributed by atoms with E-state index in [-0.39, 0.29) is 12.2 Å². The van der Waals surface area contributed by atoms with Gasteiger partial charge in [0, 0.05) is 25.9 Å². The molecule has 6 nitrogen and oxygen atoms in total. The van der Waals surface area contributed by atoms with Gasteiger partial charge in [0.1, 0.15) is 0 Å². The SMILES string of the molecule is CCCNC(=O)OCCCCC#CC#CCCCCOC(=O)NCCC. The van der Waals surface area contributed by atoms with Crippen LogP contribution in [0.1, 0.15) is 65.2 Å². The molecule has 0 atom stereocenters. The van der Waals surface area contributed by atoms with E-state index in [1.165, 1.54) is 0 Å². The second-order valence-corrected chi connectivity index (χ2v) is 5.64. The molecule has 0 aromatic rings. The standard InChI is InChI=1S/C20H32N2O4/c1-3-15-21-19(23)25-17-13-11-9-7-5-6-8-10-12-14-18-26-20(24)22-16-4-2/h3-4,9-18H2,1-2H3,(H,21,23)(H,22,24). The molecule has 0 aliphatic carbocycles. The Labute approximate surface area is 157 Å². The summed E-state index contributed by atoms with van der Waals surface area (Å²) >= 11 is 0. The van der Waals surface area contributed by atoms with Gasteiger partial charge < -0.3 is 20.1 Å². The molecule has 0 unspecified atom stereocenters. The lowest BCUT2D eigenvalue weighted by atomic mass is 10.2. The van der Waals surface area contributed by atoms with Crippen molar-refractivity contribution < 1.29 is 19.1 Å². The first kappa shape index (κ1) is 23.7. The van der Waals surface area contributed by atoms with Crippen LogP contribution in [0, 0.1) is 23.7 Å². The van der Waals surface area contributed by atoms with E-state index in [0.29, 0.717) is 26.3 Å². The summed E-state index contributed by atoms with van der Waals surface area (Å²) in [4.78, 5) is 22.3. The Morgan fingerprint density at radius 2 is 1.15 bits per heavy atom. The maximum Gasteiger partial charge on any atom is 0.407 e. The molecular weight excluding hydrogens is 332 g/mol. The predicted molar refractivity (Wildman–Crippen MR) is 103 cm³/mol. The molecule has 2 N–H and O–H groups in total. The number of hydrogen-bond donors (Lipinski definition) is 2. The van der Waals surface area contributed by atoms with Crippen molar-refractivity contribution in [3.05, 3.63) is 0 Å². The first-order valence-electron chi connectivity index (χ1n) is 9.47. The van der Waals surface area contributed by atoms with Crippen LogP contribution < -0.4 is 10.6 Å². The van der Waals surface area contributed by atoms with Crippen molar-refractivity contribution in [1.29, 1.82) is 0 Å². The number of hydrogen-bond acceptors (Lipinski definition) is 4. The summed E-state index contributed by atoms with van der Waals surface area (Å²) in [6.45, 7) is 6.11. The van der Waals surface area contributed by atoms with Crippen molar-refractivity contribution in [2.75, 3.05) is 26.3 Å². The molecule has 0 rings (SSSR count). The normalized spacial score (nSPS) is 9.15. The molecule has 0 bridgehead atoms. The van der Waals surface area contributed by atoms with Crippen molar-refractivity contribution >= 4 is 12.2 Å². The maximum atomic E-state index is 11.2. The second kappa shape index (κ2) is 19.0. The number of carbonyl (C=O) groups excluding carboxylic acids is 2. The van der Waals surface area contributed by atoms with Gasteiger partial charge in [-0.3, -0.25) is 0 Å². The molecule has 0 aliphatic heterocycles. The zero-order chi connectivity index (χ0) is 19.3. The van der Waals surface area contributed by atoms with Gasteiger partial charge in [0.25, 0.3) is 0 Å². The van der Waals surface area contributed by atoms with Crippen LogP contribution in [-0.2, 0) is 9.47 Å². The van der Waals surface area contributed by atoms with Crippen LogP contribution in [0.5, 0.6) is 0 Å². The van der Waals surface area contributed by atoms with Gasteiger partial charge in [-0.25, -0.2) is 9.59 Å². The highest BCUT2D eigenvalue weighted by Gasteiger charge is 1.99. The second-order valence-electron chi connectivity index (χ2n) is 5.64. The van der Waals surface area contributed by atoms with Gasteiger partial charge in [-0.15, -0.1) is 0 Å². The number of carbonyl (C=O) groups is 2. The lowest BCUT2D eigenvalue weighted by Crippen LogP contribution is -2.25. The summed E-state index contributed by atoms with van der Waals surface area (Å²) in [6, 6.07) is 0. The smallest absolute Gasteiger partial charge is 0.407 e. The summed E-state index contributed by atoms with van der Waals surface area (Å²) in [5.74, 6) is 11.6. The van der Waals surface area contributed by atoms with Gasteiger partial charge in [0.15, 0.2) is 0 Å². The minimum Gasteiger partial charge on any atom is -0.450 e. The summed E-state index contributed by atoms with van der Waals surface area (Å²) in [5, 5.41) is 5.31. The fourth-order valence-corrected chi connectivity index (χ4v) is 1.73.